The minimum Gasteiger partial charge on any atom is -0.440 e. The molecule has 2 bridgehead atoms. The maximum Gasteiger partial charge on any atom is 0.223 e. The van der Waals surface area contributed by atoms with Gasteiger partial charge in [0.1, 0.15) is 5.52 Å². The zero-order valence-corrected chi connectivity index (χ0v) is 15.2. The fourth-order valence-electron chi connectivity index (χ4n) is 5.64. The molecule has 25 heavy (non-hydrogen) atoms. The summed E-state index contributed by atoms with van der Waals surface area (Å²) >= 11 is 0. The monoisotopic (exact) mass is 338 g/mol. The summed E-state index contributed by atoms with van der Waals surface area (Å²) in [5.74, 6) is 1.12. The number of oxazole rings is 1. The van der Waals surface area contributed by atoms with Gasteiger partial charge in [0.15, 0.2) is 5.58 Å². The van der Waals surface area contributed by atoms with Crippen LogP contribution in [-0.2, 0) is 23.1 Å². The van der Waals surface area contributed by atoms with Crippen LogP contribution < -0.4 is 5.32 Å². The molecule has 1 aromatic carbocycles. The first-order valence-electron chi connectivity index (χ1n) is 9.65. The number of carbonyl (C=O) groups excluding carboxylic acids is 1. The summed E-state index contributed by atoms with van der Waals surface area (Å²) in [4.78, 5) is 17.2. The molecule has 1 saturated carbocycles. The lowest BCUT2D eigenvalue weighted by molar-refractivity contribution is -0.133. The molecule has 3 aliphatic rings. The van der Waals surface area contributed by atoms with Crippen LogP contribution in [-0.4, -0.2) is 17.4 Å². The van der Waals surface area contributed by atoms with Crippen LogP contribution in [0.2, 0.25) is 0 Å². The van der Waals surface area contributed by atoms with Gasteiger partial charge in [0, 0.05) is 17.9 Å². The van der Waals surface area contributed by atoms with Crippen molar-refractivity contribution in [2.24, 2.45) is 11.3 Å². The van der Waals surface area contributed by atoms with Gasteiger partial charge in [-0.2, -0.15) is 0 Å². The van der Waals surface area contributed by atoms with Crippen LogP contribution in [0.4, 0.5) is 0 Å². The van der Waals surface area contributed by atoms with Gasteiger partial charge in [-0.1, -0.05) is 13.8 Å². The standard InChI is InChI=1S/C21H26N2O2/c1-20-9-15(18(24)22-12-20)10-21(2,11-20)19-23-16-7-13-5-3-4-6-14(13)8-17(16)25-19/h7-8,15H,3-6,9-12H2,1-2H3,(H,22,24). The Bertz CT molecular complexity index is 827. The second kappa shape index (κ2) is 5.09. The van der Waals surface area contributed by atoms with Crippen LogP contribution in [0.25, 0.3) is 11.1 Å². The zero-order chi connectivity index (χ0) is 17.2. The molecule has 1 N–H and O–H groups in total. The van der Waals surface area contributed by atoms with Gasteiger partial charge in [-0.05, 0) is 73.6 Å². The Kier molecular flexibility index (Phi) is 3.14. The van der Waals surface area contributed by atoms with E-state index in [2.05, 4.69) is 31.3 Å². The summed E-state index contributed by atoms with van der Waals surface area (Å²) in [6.45, 7) is 5.30. The van der Waals surface area contributed by atoms with Gasteiger partial charge < -0.3 is 9.73 Å². The van der Waals surface area contributed by atoms with Crippen LogP contribution >= 0.6 is 0 Å². The molecule has 1 saturated heterocycles. The molecular formula is C21H26N2O2. The molecular weight excluding hydrogens is 312 g/mol. The molecule has 1 aromatic heterocycles. The summed E-state index contributed by atoms with van der Waals surface area (Å²) in [6, 6.07) is 4.44. The van der Waals surface area contributed by atoms with Gasteiger partial charge >= 0.3 is 0 Å². The molecule has 132 valence electrons. The summed E-state index contributed by atoms with van der Waals surface area (Å²) in [5, 5.41) is 3.09. The number of nitrogens with one attached hydrogen (secondary N) is 1. The molecule has 0 radical (unpaired) electrons. The van der Waals surface area contributed by atoms with Crippen molar-refractivity contribution < 1.29 is 9.21 Å². The Morgan fingerprint density at radius 3 is 2.72 bits per heavy atom. The molecule has 1 amide bonds. The van der Waals surface area contributed by atoms with E-state index in [1.165, 1.54) is 24.0 Å². The highest BCUT2D eigenvalue weighted by Crippen LogP contribution is 2.51. The first-order chi connectivity index (χ1) is 11.9. The average molecular weight is 338 g/mol. The number of rotatable bonds is 1. The Balaban J connectivity index is 1.56. The highest BCUT2D eigenvalue weighted by atomic mass is 16.3. The smallest absolute Gasteiger partial charge is 0.223 e. The van der Waals surface area contributed by atoms with E-state index in [4.69, 9.17) is 9.40 Å². The Morgan fingerprint density at radius 1 is 1.16 bits per heavy atom. The van der Waals surface area contributed by atoms with Gasteiger partial charge in [-0.3, -0.25) is 4.79 Å². The minimum absolute atomic E-state index is 0.0840. The first-order valence-corrected chi connectivity index (χ1v) is 9.65. The molecule has 0 spiro atoms. The SMILES string of the molecule is CC12CNC(=O)C(C1)CC(C)(c1nc3cc4c(cc3o1)CCCC4)C2. The molecule has 4 heteroatoms. The van der Waals surface area contributed by atoms with Crippen LogP contribution in [0.3, 0.4) is 0 Å². The maximum absolute atomic E-state index is 12.3. The molecule has 2 fully saturated rings. The van der Waals surface area contributed by atoms with E-state index >= 15 is 0 Å². The van der Waals surface area contributed by atoms with Gasteiger partial charge in [-0.25, -0.2) is 4.98 Å². The summed E-state index contributed by atoms with van der Waals surface area (Å²) < 4.78 is 6.28. The minimum atomic E-state index is -0.158. The normalized spacial score (nSPS) is 34.6. The predicted molar refractivity (Wildman–Crippen MR) is 96.5 cm³/mol. The largest absolute Gasteiger partial charge is 0.440 e. The third kappa shape index (κ3) is 2.41. The first kappa shape index (κ1) is 15.4. The number of piperidine rings is 1. The van der Waals surface area contributed by atoms with Gasteiger partial charge in [-0.15, -0.1) is 0 Å². The number of benzene rings is 1. The van der Waals surface area contributed by atoms with Gasteiger partial charge in [0.25, 0.3) is 0 Å². The zero-order valence-electron chi connectivity index (χ0n) is 15.2. The van der Waals surface area contributed by atoms with Crippen molar-refractivity contribution >= 4 is 17.0 Å². The quantitative estimate of drug-likeness (QED) is 0.858. The van der Waals surface area contributed by atoms with E-state index < -0.39 is 0 Å². The lowest BCUT2D eigenvalue weighted by atomic mass is 9.58. The fourth-order valence-corrected chi connectivity index (χ4v) is 5.64. The Morgan fingerprint density at radius 2 is 1.92 bits per heavy atom. The van der Waals surface area contributed by atoms with Crippen molar-refractivity contribution in [3.05, 3.63) is 29.2 Å². The van der Waals surface area contributed by atoms with Crippen LogP contribution in [0.5, 0.6) is 0 Å². The second-order valence-corrected chi connectivity index (χ2v) is 9.19. The number of hydrogen-bond acceptors (Lipinski definition) is 3. The second-order valence-electron chi connectivity index (χ2n) is 9.19. The predicted octanol–water partition coefficient (Wildman–Crippen LogP) is 3.90. The van der Waals surface area contributed by atoms with Gasteiger partial charge in [0.2, 0.25) is 11.8 Å². The highest BCUT2D eigenvalue weighted by molar-refractivity contribution is 5.80. The number of aryl methyl sites for hydroxylation is 2. The molecule has 1 aliphatic heterocycles. The van der Waals surface area contributed by atoms with E-state index in [-0.39, 0.29) is 22.7 Å². The van der Waals surface area contributed by atoms with E-state index in [1.54, 1.807) is 0 Å². The van der Waals surface area contributed by atoms with Crippen molar-refractivity contribution in [3.8, 4) is 0 Å². The maximum atomic E-state index is 12.3. The molecule has 2 aromatic rings. The number of carbonyl (C=O) groups is 1. The Labute approximate surface area is 148 Å². The van der Waals surface area contributed by atoms with Crippen molar-refractivity contribution in [3.63, 3.8) is 0 Å². The summed E-state index contributed by atoms with van der Waals surface area (Å²) in [7, 11) is 0. The van der Waals surface area contributed by atoms with Crippen molar-refractivity contribution in [1.82, 2.24) is 10.3 Å². The van der Waals surface area contributed by atoms with Crippen molar-refractivity contribution in [2.45, 2.75) is 64.2 Å². The highest BCUT2D eigenvalue weighted by Gasteiger charge is 2.51. The van der Waals surface area contributed by atoms with Crippen LogP contribution in [0.15, 0.2) is 16.5 Å². The molecule has 3 atom stereocenters. The van der Waals surface area contributed by atoms with Crippen LogP contribution in [0, 0.1) is 11.3 Å². The number of amides is 1. The third-order valence-corrected chi connectivity index (χ3v) is 6.68. The molecule has 5 rings (SSSR count). The van der Waals surface area contributed by atoms with E-state index in [0.717, 1.165) is 55.6 Å². The third-order valence-electron chi connectivity index (χ3n) is 6.68. The van der Waals surface area contributed by atoms with Crippen molar-refractivity contribution in [1.29, 1.82) is 0 Å². The molecule has 3 unspecified atom stereocenters. The van der Waals surface area contributed by atoms with Crippen molar-refractivity contribution in [2.75, 3.05) is 6.54 Å². The van der Waals surface area contributed by atoms with Crippen LogP contribution in [0.1, 0.15) is 63.0 Å². The fraction of sp³-hybridized carbons (Fsp3) is 0.619. The molecule has 2 aliphatic carbocycles. The summed E-state index contributed by atoms with van der Waals surface area (Å²) in [6.07, 6.45) is 7.69. The van der Waals surface area contributed by atoms with Gasteiger partial charge in [0.05, 0.1) is 0 Å². The Hall–Kier alpha value is -1.84. The number of hydrogen-bond donors (Lipinski definition) is 1. The number of aromatic nitrogens is 1. The lowest BCUT2D eigenvalue weighted by Crippen LogP contribution is -2.54. The van der Waals surface area contributed by atoms with E-state index in [9.17, 15) is 4.79 Å². The van der Waals surface area contributed by atoms with E-state index in [0.29, 0.717) is 0 Å². The lowest BCUT2D eigenvalue weighted by Gasteiger charge is -2.49. The summed E-state index contributed by atoms with van der Waals surface area (Å²) in [5.41, 5.74) is 4.76. The molecule has 4 nitrogen and oxygen atoms in total. The molecule has 2 heterocycles. The number of fused-ring (bicyclic) bond motifs is 4. The number of nitrogens with zero attached hydrogens (tertiary/aromatic N) is 1. The van der Waals surface area contributed by atoms with E-state index in [1.807, 2.05) is 0 Å². The average Bonchev–Trinajstić information content (AvgIpc) is 3.00. The topological polar surface area (TPSA) is 55.1 Å².